The average Bonchev–Trinajstić information content (AvgIpc) is 3.38. The highest BCUT2D eigenvalue weighted by Crippen LogP contribution is 2.32. The van der Waals surface area contributed by atoms with Crippen LogP contribution < -0.4 is 4.74 Å². The van der Waals surface area contributed by atoms with Crippen molar-refractivity contribution in [2.24, 2.45) is 0 Å². The molecule has 0 radical (unpaired) electrons. The monoisotopic (exact) mass is 331 g/mol. The second-order valence-corrected chi connectivity index (χ2v) is 6.02. The number of benzene rings is 2. The number of hydrogen-bond donors (Lipinski definition) is 0. The minimum atomic E-state index is -2.95. The van der Waals surface area contributed by atoms with E-state index in [-0.39, 0.29) is 23.3 Å². The van der Waals surface area contributed by atoms with Crippen molar-refractivity contribution in [2.75, 3.05) is 0 Å². The van der Waals surface area contributed by atoms with Crippen LogP contribution in [0.2, 0.25) is 0 Å². The summed E-state index contributed by atoms with van der Waals surface area (Å²) in [7, 11) is 0. The molecule has 0 heterocycles. The first-order valence-electron chi connectivity index (χ1n) is 7.95. The van der Waals surface area contributed by atoms with Gasteiger partial charge in [0.2, 0.25) is 0 Å². The smallest absolute Gasteiger partial charge is 0.387 e. The van der Waals surface area contributed by atoms with Crippen LogP contribution in [-0.2, 0) is 6.54 Å². The molecule has 1 aliphatic carbocycles. The van der Waals surface area contributed by atoms with Crippen LogP contribution >= 0.6 is 0 Å². The number of alkyl halides is 2. The van der Waals surface area contributed by atoms with Crippen molar-refractivity contribution in [3.05, 3.63) is 65.2 Å². The van der Waals surface area contributed by atoms with Crippen LogP contribution in [0.3, 0.4) is 0 Å². The molecule has 3 rings (SSSR count). The first-order chi connectivity index (χ1) is 11.5. The lowest BCUT2D eigenvalue weighted by Crippen LogP contribution is -2.33. The summed E-state index contributed by atoms with van der Waals surface area (Å²) >= 11 is 0. The van der Waals surface area contributed by atoms with Crippen LogP contribution in [0.4, 0.5) is 8.78 Å². The molecular weight excluding hydrogens is 312 g/mol. The van der Waals surface area contributed by atoms with Gasteiger partial charge in [-0.25, -0.2) is 0 Å². The van der Waals surface area contributed by atoms with Crippen LogP contribution in [-0.4, -0.2) is 23.5 Å². The van der Waals surface area contributed by atoms with Gasteiger partial charge in [0, 0.05) is 12.6 Å². The Balaban J connectivity index is 1.84. The Morgan fingerprint density at radius 3 is 2.46 bits per heavy atom. The molecule has 0 N–H and O–H groups in total. The molecule has 3 nitrogen and oxygen atoms in total. The Kier molecular flexibility index (Phi) is 4.79. The molecule has 0 atom stereocenters. The van der Waals surface area contributed by atoms with Gasteiger partial charge in [-0.1, -0.05) is 42.0 Å². The van der Waals surface area contributed by atoms with E-state index in [0.29, 0.717) is 6.54 Å². The third-order valence-corrected chi connectivity index (χ3v) is 4.06. The second kappa shape index (κ2) is 6.99. The molecule has 2 aromatic rings. The number of aryl methyl sites for hydroxylation is 1. The maximum atomic E-state index is 12.9. The van der Waals surface area contributed by atoms with Crippen molar-refractivity contribution in [3.63, 3.8) is 0 Å². The van der Waals surface area contributed by atoms with Gasteiger partial charge in [0.25, 0.3) is 5.91 Å². The van der Waals surface area contributed by atoms with Gasteiger partial charge in [0.15, 0.2) is 0 Å². The normalized spacial score (nSPS) is 13.8. The van der Waals surface area contributed by atoms with E-state index < -0.39 is 6.61 Å². The molecule has 0 unspecified atom stereocenters. The SMILES string of the molecule is Cc1ccc(CN(C(=O)c2ccccc2OC(F)F)C2CC2)cc1. The van der Waals surface area contributed by atoms with E-state index in [1.165, 1.54) is 12.1 Å². The van der Waals surface area contributed by atoms with Gasteiger partial charge in [-0.05, 0) is 37.5 Å². The van der Waals surface area contributed by atoms with Crippen molar-refractivity contribution in [3.8, 4) is 5.75 Å². The Morgan fingerprint density at radius 1 is 1.17 bits per heavy atom. The topological polar surface area (TPSA) is 29.5 Å². The molecule has 0 aliphatic heterocycles. The maximum absolute atomic E-state index is 12.9. The highest BCUT2D eigenvalue weighted by molar-refractivity contribution is 5.97. The lowest BCUT2D eigenvalue weighted by atomic mass is 10.1. The highest BCUT2D eigenvalue weighted by atomic mass is 19.3. The summed E-state index contributed by atoms with van der Waals surface area (Å²) in [5.74, 6) is -0.346. The van der Waals surface area contributed by atoms with Crippen LogP contribution in [0.15, 0.2) is 48.5 Å². The molecule has 0 saturated heterocycles. The summed E-state index contributed by atoms with van der Waals surface area (Å²) in [5.41, 5.74) is 2.35. The summed E-state index contributed by atoms with van der Waals surface area (Å²) < 4.78 is 29.6. The molecule has 24 heavy (non-hydrogen) atoms. The predicted molar refractivity (Wildman–Crippen MR) is 87.1 cm³/mol. The van der Waals surface area contributed by atoms with Gasteiger partial charge in [-0.15, -0.1) is 0 Å². The summed E-state index contributed by atoms with van der Waals surface area (Å²) in [6, 6.07) is 14.3. The van der Waals surface area contributed by atoms with Gasteiger partial charge in [0.1, 0.15) is 5.75 Å². The highest BCUT2D eigenvalue weighted by Gasteiger charge is 2.34. The standard InChI is InChI=1S/C19H19F2NO2/c1-13-6-8-14(9-7-13)12-22(15-10-11-15)18(23)16-4-2-3-5-17(16)24-19(20)21/h2-9,15,19H,10-12H2,1H3. The van der Waals surface area contributed by atoms with Crippen molar-refractivity contribution in [2.45, 2.75) is 39.0 Å². The van der Waals surface area contributed by atoms with Crippen LogP contribution in [0.5, 0.6) is 5.75 Å². The molecule has 126 valence electrons. The minimum Gasteiger partial charge on any atom is -0.434 e. The molecule has 0 aromatic heterocycles. The number of nitrogens with zero attached hydrogens (tertiary/aromatic N) is 1. The maximum Gasteiger partial charge on any atom is 0.387 e. The van der Waals surface area contributed by atoms with E-state index in [1.54, 1.807) is 17.0 Å². The number of hydrogen-bond acceptors (Lipinski definition) is 2. The van der Waals surface area contributed by atoms with Crippen molar-refractivity contribution in [1.82, 2.24) is 4.90 Å². The third kappa shape index (κ3) is 3.91. The predicted octanol–water partition coefficient (Wildman–Crippen LogP) is 4.40. The lowest BCUT2D eigenvalue weighted by molar-refractivity contribution is -0.0503. The van der Waals surface area contributed by atoms with Crippen LogP contribution in [0.1, 0.15) is 34.3 Å². The second-order valence-electron chi connectivity index (χ2n) is 6.02. The number of para-hydroxylation sites is 1. The fourth-order valence-corrected chi connectivity index (χ4v) is 2.64. The van der Waals surface area contributed by atoms with Gasteiger partial charge in [0.05, 0.1) is 5.56 Å². The zero-order valence-electron chi connectivity index (χ0n) is 13.4. The van der Waals surface area contributed by atoms with E-state index in [9.17, 15) is 13.6 Å². The zero-order chi connectivity index (χ0) is 17.1. The van der Waals surface area contributed by atoms with Crippen LogP contribution in [0, 0.1) is 6.92 Å². The van der Waals surface area contributed by atoms with Gasteiger partial charge in [-0.3, -0.25) is 4.79 Å². The van der Waals surface area contributed by atoms with Crippen molar-refractivity contribution >= 4 is 5.91 Å². The minimum absolute atomic E-state index is 0.0768. The molecule has 0 spiro atoms. The number of ether oxygens (including phenoxy) is 1. The Labute approximate surface area is 139 Å². The Morgan fingerprint density at radius 2 is 1.83 bits per heavy atom. The Hall–Kier alpha value is -2.43. The summed E-state index contributed by atoms with van der Waals surface area (Å²) in [6.45, 7) is -0.483. The quantitative estimate of drug-likeness (QED) is 0.785. The molecular formula is C19H19F2NO2. The molecule has 0 bridgehead atoms. The van der Waals surface area contributed by atoms with E-state index in [4.69, 9.17) is 0 Å². The van der Waals surface area contributed by atoms with E-state index in [0.717, 1.165) is 24.0 Å². The van der Waals surface area contributed by atoms with Crippen molar-refractivity contribution < 1.29 is 18.3 Å². The summed E-state index contributed by atoms with van der Waals surface area (Å²) in [4.78, 5) is 14.6. The largest absolute Gasteiger partial charge is 0.434 e. The Bertz CT molecular complexity index is 712. The van der Waals surface area contributed by atoms with Gasteiger partial charge < -0.3 is 9.64 Å². The van der Waals surface area contributed by atoms with Gasteiger partial charge in [-0.2, -0.15) is 8.78 Å². The van der Waals surface area contributed by atoms with E-state index in [2.05, 4.69) is 4.74 Å². The fraction of sp³-hybridized carbons (Fsp3) is 0.316. The van der Waals surface area contributed by atoms with E-state index >= 15 is 0 Å². The van der Waals surface area contributed by atoms with Gasteiger partial charge >= 0.3 is 6.61 Å². The molecule has 1 aliphatic rings. The number of rotatable bonds is 6. The van der Waals surface area contributed by atoms with Crippen LogP contribution in [0.25, 0.3) is 0 Å². The zero-order valence-corrected chi connectivity index (χ0v) is 13.4. The molecule has 1 amide bonds. The molecule has 1 saturated carbocycles. The number of amides is 1. The lowest BCUT2D eigenvalue weighted by Gasteiger charge is -2.24. The molecule has 1 fully saturated rings. The summed E-state index contributed by atoms with van der Waals surface area (Å²) in [6.07, 6.45) is 1.88. The molecule has 2 aromatic carbocycles. The fourth-order valence-electron chi connectivity index (χ4n) is 2.64. The summed E-state index contributed by atoms with van der Waals surface area (Å²) in [5, 5.41) is 0. The van der Waals surface area contributed by atoms with Crippen molar-refractivity contribution in [1.29, 1.82) is 0 Å². The first-order valence-corrected chi connectivity index (χ1v) is 7.95. The van der Waals surface area contributed by atoms with E-state index in [1.807, 2.05) is 31.2 Å². The first kappa shape index (κ1) is 16.4. The number of carbonyl (C=O) groups excluding carboxylic acids is 1. The molecule has 5 heteroatoms. The third-order valence-electron chi connectivity index (χ3n) is 4.06. The number of carbonyl (C=O) groups is 1. The average molecular weight is 331 g/mol. The number of halogens is 2.